The van der Waals surface area contributed by atoms with E-state index in [2.05, 4.69) is 13.8 Å². The van der Waals surface area contributed by atoms with Gasteiger partial charge in [-0.3, -0.25) is 0 Å². The zero-order chi connectivity index (χ0) is 8.55. The Morgan fingerprint density at radius 2 is 1.08 bits per heavy atom. The Morgan fingerprint density at radius 1 is 0.667 bits per heavy atom. The predicted octanol–water partition coefficient (Wildman–Crippen LogP) is 3.86. The van der Waals surface area contributed by atoms with E-state index in [0.29, 0.717) is 0 Å². The van der Waals surface area contributed by atoms with E-state index in [1.54, 1.807) is 0 Å². The van der Waals surface area contributed by atoms with Gasteiger partial charge in [0.2, 0.25) is 0 Å². The van der Waals surface area contributed by atoms with Crippen LogP contribution in [-0.4, -0.2) is 0 Å². The summed E-state index contributed by atoms with van der Waals surface area (Å²) in [6.45, 7) is 4.88. The SMILES string of the molecule is C[C@H]1CC[C@H]2C[C@@H](C)CC[C@@H]2C1. The first-order valence-corrected chi connectivity index (χ1v) is 5.75. The van der Waals surface area contributed by atoms with Crippen molar-refractivity contribution in [2.75, 3.05) is 0 Å². The van der Waals surface area contributed by atoms with Gasteiger partial charge in [0.05, 0.1) is 0 Å². The van der Waals surface area contributed by atoms with Crippen LogP contribution in [0.4, 0.5) is 0 Å². The minimum absolute atomic E-state index is 1.03. The number of fused-ring (bicyclic) bond motifs is 1. The van der Waals surface area contributed by atoms with Crippen molar-refractivity contribution in [2.24, 2.45) is 23.7 Å². The minimum atomic E-state index is 1.03. The fourth-order valence-electron chi connectivity index (χ4n) is 3.36. The maximum atomic E-state index is 2.44. The molecule has 0 aliphatic heterocycles. The summed E-state index contributed by atoms with van der Waals surface area (Å²) in [4.78, 5) is 0. The van der Waals surface area contributed by atoms with Crippen LogP contribution in [0.3, 0.4) is 0 Å². The Bertz CT molecular complexity index is 132. The third kappa shape index (κ3) is 1.67. The van der Waals surface area contributed by atoms with E-state index in [9.17, 15) is 0 Å². The van der Waals surface area contributed by atoms with Crippen LogP contribution >= 0.6 is 0 Å². The van der Waals surface area contributed by atoms with Crippen LogP contribution in [0.25, 0.3) is 0 Å². The summed E-state index contributed by atoms with van der Waals surface area (Å²) in [5.74, 6) is 4.29. The molecule has 0 saturated heterocycles. The summed E-state index contributed by atoms with van der Waals surface area (Å²) in [5.41, 5.74) is 0. The smallest absolute Gasteiger partial charge is 0.0383 e. The Balaban J connectivity index is 1.94. The average molecular weight is 166 g/mol. The van der Waals surface area contributed by atoms with Crippen LogP contribution in [0.2, 0.25) is 0 Å². The summed E-state index contributed by atoms with van der Waals surface area (Å²) in [6.07, 6.45) is 9.17. The fraction of sp³-hybridized carbons (Fsp3) is 1.00. The molecule has 0 nitrogen and oxygen atoms in total. The highest BCUT2D eigenvalue weighted by molar-refractivity contribution is 4.83. The van der Waals surface area contributed by atoms with Crippen molar-refractivity contribution < 1.29 is 0 Å². The van der Waals surface area contributed by atoms with Gasteiger partial charge in [-0.05, 0) is 49.4 Å². The Labute approximate surface area is 76.7 Å². The highest BCUT2D eigenvalue weighted by atomic mass is 14.4. The maximum absolute atomic E-state index is 2.44. The maximum Gasteiger partial charge on any atom is -0.0383 e. The van der Waals surface area contributed by atoms with Crippen LogP contribution in [-0.2, 0) is 0 Å². The van der Waals surface area contributed by atoms with Gasteiger partial charge in [-0.2, -0.15) is 0 Å². The summed E-state index contributed by atoms with van der Waals surface area (Å²) >= 11 is 0. The third-order valence-electron chi connectivity index (χ3n) is 4.14. The molecule has 0 aromatic heterocycles. The second kappa shape index (κ2) is 3.40. The van der Waals surface area contributed by atoms with Crippen molar-refractivity contribution in [3.8, 4) is 0 Å². The van der Waals surface area contributed by atoms with E-state index >= 15 is 0 Å². The van der Waals surface area contributed by atoms with E-state index in [-0.39, 0.29) is 0 Å². The summed E-state index contributed by atoms with van der Waals surface area (Å²) < 4.78 is 0. The van der Waals surface area contributed by atoms with Crippen LogP contribution < -0.4 is 0 Å². The standard InChI is InChI=1S/C12H22/c1-9-3-5-12-8-10(2)4-6-11(12)7-9/h9-12H,3-8H2,1-2H3/t9-,10-,11-,12+/m0/s1. The quantitative estimate of drug-likeness (QED) is 0.512. The molecule has 0 radical (unpaired) electrons. The van der Waals surface area contributed by atoms with Crippen molar-refractivity contribution in [3.05, 3.63) is 0 Å². The van der Waals surface area contributed by atoms with Crippen LogP contribution in [0.15, 0.2) is 0 Å². The molecule has 2 fully saturated rings. The molecule has 4 atom stereocenters. The van der Waals surface area contributed by atoms with Crippen LogP contribution in [0, 0.1) is 23.7 Å². The first kappa shape index (κ1) is 8.59. The molecule has 0 N–H and O–H groups in total. The van der Waals surface area contributed by atoms with E-state index in [1.165, 1.54) is 38.5 Å². The predicted molar refractivity (Wildman–Crippen MR) is 53.0 cm³/mol. The molecule has 12 heavy (non-hydrogen) atoms. The first-order chi connectivity index (χ1) is 5.75. The van der Waals surface area contributed by atoms with Crippen molar-refractivity contribution in [1.29, 1.82) is 0 Å². The molecule has 2 aliphatic carbocycles. The second-order valence-corrected chi connectivity index (χ2v) is 5.36. The van der Waals surface area contributed by atoms with Gasteiger partial charge < -0.3 is 0 Å². The molecular weight excluding hydrogens is 144 g/mol. The second-order valence-electron chi connectivity index (χ2n) is 5.36. The van der Waals surface area contributed by atoms with Gasteiger partial charge >= 0.3 is 0 Å². The molecule has 2 aliphatic rings. The minimum Gasteiger partial charge on any atom is -0.0625 e. The molecule has 0 unspecified atom stereocenters. The van der Waals surface area contributed by atoms with Crippen LogP contribution in [0.5, 0.6) is 0 Å². The molecule has 0 aromatic carbocycles. The van der Waals surface area contributed by atoms with Gasteiger partial charge in [0.25, 0.3) is 0 Å². The van der Waals surface area contributed by atoms with Crippen molar-refractivity contribution in [3.63, 3.8) is 0 Å². The molecule has 0 heteroatoms. The topological polar surface area (TPSA) is 0 Å². The molecule has 70 valence electrons. The van der Waals surface area contributed by atoms with Crippen molar-refractivity contribution >= 4 is 0 Å². The lowest BCUT2D eigenvalue weighted by atomic mass is 9.65. The third-order valence-corrected chi connectivity index (χ3v) is 4.14. The first-order valence-electron chi connectivity index (χ1n) is 5.75. The molecule has 0 bridgehead atoms. The van der Waals surface area contributed by atoms with Gasteiger partial charge in [-0.15, -0.1) is 0 Å². The lowest BCUT2D eigenvalue weighted by molar-refractivity contribution is 0.109. The number of rotatable bonds is 0. The van der Waals surface area contributed by atoms with E-state index < -0.39 is 0 Å². The molecule has 0 amide bonds. The lowest BCUT2D eigenvalue weighted by Gasteiger charge is -2.40. The lowest BCUT2D eigenvalue weighted by Crippen LogP contribution is -2.29. The molecular formula is C12H22. The Kier molecular flexibility index (Phi) is 2.43. The summed E-state index contributed by atoms with van der Waals surface area (Å²) in [6, 6.07) is 0. The Morgan fingerprint density at radius 3 is 1.50 bits per heavy atom. The average Bonchev–Trinajstić information content (AvgIpc) is 2.05. The van der Waals surface area contributed by atoms with Crippen LogP contribution in [0.1, 0.15) is 52.4 Å². The number of hydrogen-bond donors (Lipinski definition) is 0. The normalized spacial score (nSPS) is 48.5. The van der Waals surface area contributed by atoms with E-state index in [0.717, 1.165) is 23.7 Å². The highest BCUT2D eigenvalue weighted by Gasteiger charge is 2.32. The van der Waals surface area contributed by atoms with Crippen molar-refractivity contribution in [1.82, 2.24) is 0 Å². The zero-order valence-corrected chi connectivity index (χ0v) is 8.55. The van der Waals surface area contributed by atoms with Gasteiger partial charge in [0.1, 0.15) is 0 Å². The van der Waals surface area contributed by atoms with Gasteiger partial charge in [0, 0.05) is 0 Å². The van der Waals surface area contributed by atoms with Gasteiger partial charge in [0.15, 0.2) is 0 Å². The molecule has 0 heterocycles. The monoisotopic (exact) mass is 166 g/mol. The van der Waals surface area contributed by atoms with E-state index in [1.807, 2.05) is 0 Å². The number of hydrogen-bond acceptors (Lipinski definition) is 0. The zero-order valence-electron chi connectivity index (χ0n) is 8.55. The van der Waals surface area contributed by atoms with Crippen molar-refractivity contribution in [2.45, 2.75) is 52.4 Å². The fourth-order valence-corrected chi connectivity index (χ4v) is 3.36. The molecule has 0 aromatic rings. The van der Waals surface area contributed by atoms with E-state index in [4.69, 9.17) is 0 Å². The van der Waals surface area contributed by atoms with Gasteiger partial charge in [-0.1, -0.05) is 26.7 Å². The molecule has 2 saturated carbocycles. The highest BCUT2D eigenvalue weighted by Crippen LogP contribution is 2.44. The summed E-state index contributed by atoms with van der Waals surface area (Å²) in [5, 5.41) is 0. The van der Waals surface area contributed by atoms with Gasteiger partial charge in [-0.25, -0.2) is 0 Å². The largest absolute Gasteiger partial charge is 0.0625 e. The molecule has 0 spiro atoms. The molecule has 2 rings (SSSR count). The summed E-state index contributed by atoms with van der Waals surface area (Å²) in [7, 11) is 0. The Hall–Kier alpha value is 0.